The molecule has 2 aliphatic heterocycles. The van der Waals surface area contributed by atoms with Crippen molar-refractivity contribution in [2.75, 3.05) is 0 Å². The van der Waals surface area contributed by atoms with Crippen molar-refractivity contribution in [2.24, 2.45) is 0 Å². The Balaban J connectivity index is 1.26. The molecule has 0 spiro atoms. The second kappa shape index (κ2) is 9.01. The van der Waals surface area contributed by atoms with Crippen molar-refractivity contribution in [3.8, 4) is 44.5 Å². The third-order valence-electron chi connectivity index (χ3n) is 10.7. The van der Waals surface area contributed by atoms with Crippen LogP contribution in [0.25, 0.3) is 66.1 Å². The van der Waals surface area contributed by atoms with E-state index >= 15 is 0 Å². The van der Waals surface area contributed by atoms with Gasteiger partial charge < -0.3 is 0 Å². The first-order valence-corrected chi connectivity index (χ1v) is 21.8. The molecule has 2 heteroatoms. The van der Waals surface area contributed by atoms with Gasteiger partial charge in [0.1, 0.15) is 16.1 Å². The van der Waals surface area contributed by atoms with Crippen LogP contribution in [0.3, 0.4) is 0 Å². The third kappa shape index (κ3) is 3.50. The highest BCUT2D eigenvalue weighted by Gasteiger charge is 2.41. The highest BCUT2D eigenvalue weighted by atomic mass is 28.3. The molecule has 0 N–H and O–H groups in total. The van der Waals surface area contributed by atoms with Crippen molar-refractivity contribution < 1.29 is 0 Å². The predicted octanol–water partition coefficient (Wildman–Crippen LogP) is 8.93. The van der Waals surface area contributed by atoms with E-state index in [0.717, 1.165) is 0 Å². The van der Waals surface area contributed by atoms with Crippen LogP contribution in [0.1, 0.15) is 0 Å². The van der Waals surface area contributed by atoms with Crippen molar-refractivity contribution in [2.45, 2.75) is 26.2 Å². The molecular weight excluding hydrogens is 561 g/mol. The summed E-state index contributed by atoms with van der Waals surface area (Å²) >= 11 is 0. The molecule has 0 bridgehead atoms. The van der Waals surface area contributed by atoms with Crippen LogP contribution in [0, 0.1) is 0 Å². The van der Waals surface area contributed by atoms with Crippen molar-refractivity contribution in [1.82, 2.24) is 0 Å². The summed E-state index contributed by atoms with van der Waals surface area (Å²) < 4.78 is 0. The van der Waals surface area contributed by atoms with E-state index in [1.165, 1.54) is 66.1 Å². The van der Waals surface area contributed by atoms with Gasteiger partial charge >= 0.3 is 0 Å². The van der Waals surface area contributed by atoms with Gasteiger partial charge in [0.25, 0.3) is 0 Å². The molecular formula is C42H34Si2. The second-order valence-corrected chi connectivity index (χ2v) is 22.4. The first-order valence-electron chi connectivity index (χ1n) is 15.8. The molecule has 2 aliphatic rings. The van der Waals surface area contributed by atoms with Gasteiger partial charge in [-0.05, 0) is 92.9 Å². The van der Waals surface area contributed by atoms with Crippen LogP contribution in [-0.4, -0.2) is 16.1 Å². The van der Waals surface area contributed by atoms with Gasteiger partial charge in [0.15, 0.2) is 0 Å². The molecule has 0 unspecified atom stereocenters. The molecule has 210 valence electrons. The van der Waals surface area contributed by atoms with E-state index in [-0.39, 0.29) is 0 Å². The van der Waals surface area contributed by atoms with Crippen LogP contribution >= 0.6 is 0 Å². The van der Waals surface area contributed by atoms with E-state index in [9.17, 15) is 0 Å². The van der Waals surface area contributed by atoms with Gasteiger partial charge in [0, 0.05) is 0 Å². The largest absolute Gasteiger partial charge is 0.113 e. The molecule has 7 aromatic rings. The molecule has 0 atom stereocenters. The normalized spacial score (nSPS) is 15.2. The molecule has 0 saturated heterocycles. The van der Waals surface area contributed by atoms with Crippen LogP contribution in [0.2, 0.25) is 26.2 Å². The molecule has 2 heterocycles. The van der Waals surface area contributed by atoms with Crippen molar-refractivity contribution in [3.63, 3.8) is 0 Å². The maximum atomic E-state index is 2.56. The summed E-state index contributed by atoms with van der Waals surface area (Å²) in [6, 6.07) is 50.9. The van der Waals surface area contributed by atoms with Crippen molar-refractivity contribution >= 4 is 58.4 Å². The van der Waals surface area contributed by atoms with Gasteiger partial charge in [0.2, 0.25) is 0 Å². The SMILES string of the molecule is C[Si]1(C)c2cc(-c3ccccc3)ccc2-c2ccc3c4c(ccc1c24)[Si](C)(C)c1cc(-c2ccc4ccccc4c2)ccc1-3. The molecule has 9 rings (SSSR count). The van der Waals surface area contributed by atoms with E-state index in [4.69, 9.17) is 0 Å². The zero-order chi connectivity index (χ0) is 29.8. The van der Waals surface area contributed by atoms with E-state index in [1.54, 1.807) is 20.7 Å². The number of fused-ring (bicyclic) bond motifs is 5. The Morgan fingerprint density at radius 2 is 0.773 bits per heavy atom. The minimum Gasteiger partial charge on any atom is -0.0622 e. The molecule has 0 aliphatic carbocycles. The minimum atomic E-state index is -1.99. The van der Waals surface area contributed by atoms with Crippen molar-refractivity contribution in [1.29, 1.82) is 0 Å². The summed E-state index contributed by atoms with van der Waals surface area (Å²) in [5.74, 6) is 0. The van der Waals surface area contributed by atoms with E-state index in [1.807, 2.05) is 0 Å². The Kier molecular flexibility index (Phi) is 5.31. The van der Waals surface area contributed by atoms with Gasteiger partial charge in [-0.25, -0.2) is 0 Å². The molecule has 0 saturated carbocycles. The Labute approximate surface area is 261 Å². The predicted molar refractivity (Wildman–Crippen MR) is 197 cm³/mol. The van der Waals surface area contributed by atoms with Gasteiger partial charge in [-0.3, -0.25) is 0 Å². The quantitative estimate of drug-likeness (QED) is 0.175. The van der Waals surface area contributed by atoms with Crippen LogP contribution in [0.4, 0.5) is 0 Å². The number of hydrogen-bond acceptors (Lipinski definition) is 0. The summed E-state index contributed by atoms with van der Waals surface area (Å²) in [4.78, 5) is 0. The smallest absolute Gasteiger partial charge is 0.0622 e. The summed E-state index contributed by atoms with van der Waals surface area (Å²) in [6.07, 6.45) is 0. The molecule has 0 fully saturated rings. The molecule has 7 aromatic carbocycles. The summed E-state index contributed by atoms with van der Waals surface area (Å²) in [5.41, 5.74) is 10.9. The van der Waals surface area contributed by atoms with Gasteiger partial charge in [-0.2, -0.15) is 0 Å². The Bertz CT molecular complexity index is 2330. The topological polar surface area (TPSA) is 0 Å². The van der Waals surface area contributed by atoms with Gasteiger partial charge in [-0.15, -0.1) is 0 Å². The van der Waals surface area contributed by atoms with Crippen molar-refractivity contribution in [3.05, 3.63) is 133 Å². The fourth-order valence-electron chi connectivity index (χ4n) is 8.23. The van der Waals surface area contributed by atoms with Crippen LogP contribution in [0.5, 0.6) is 0 Å². The van der Waals surface area contributed by atoms with Crippen LogP contribution in [0.15, 0.2) is 133 Å². The fourth-order valence-corrected chi connectivity index (χ4v) is 14.4. The standard InChI is InChI=1S/C42H34Si2/c1-43(2)37-22-23-38-42-36(21-20-35(41(37)42)33-18-16-31(25-39(33)43)27-10-6-5-7-11-27)34-19-17-32(26-40(34)44(38,3)4)30-15-14-28-12-8-9-13-29(28)24-30/h5-26H,1-4H3. The molecule has 0 aromatic heterocycles. The Hall–Kier alpha value is -4.51. The fraction of sp³-hybridized carbons (Fsp3) is 0.0952. The zero-order valence-corrected chi connectivity index (χ0v) is 27.7. The zero-order valence-electron chi connectivity index (χ0n) is 25.7. The van der Waals surface area contributed by atoms with E-state index in [0.29, 0.717) is 0 Å². The Morgan fingerprint density at radius 3 is 1.36 bits per heavy atom. The van der Waals surface area contributed by atoms with E-state index in [2.05, 4.69) is 160 Å². The summed E-state index contributed by atoms with van der Waals surface area (Å²) in [7, 11) is -3.95. The average molecular weight is 595 g/mol. The third-order valence-corrected chi connectivity index (χ3v) is 17.7. The number of benzene rings is 7. The number of hydrogen-bond donors (Lipinski definition) is 0. The first-order chi connectivity index (χ1) is 21.3. The Morgan fingerprint density at radius 1 is 0.318 bits per heavy atom. The molecule has 44 heavy (non-hydrogen) atoms. The molecule has 0 amide bonds. The minimum absolute atomic E-state index is 1.29. The second-order valence-electron chi connectivity index (χ2n) is 13.8. The lowest BCUT2D eigenvalue weighted by atomic mass is 9.89. The molecule has 0 radical (unpaired) electrons. The lowest BCUT2D eigenvalue weighted by Crippen LogP contribution is -2.59. The lowest BCUT2D eigenvalue weighted by molar-refractivity contribution is 1.58. The van der Waals surface area contributed by atoms with Crippen LogP contribution in [-0.2, 0) is 0 Å². The van der Waals surface area contributed by atoms with Gasteiger partial charge in [0.05, 0.1) is 0 Å². The monoisotopic (exact) mass is 594 g/mol. The summed E-state index contributed by atoms with van der Waals surface area (Å²) in [6.45, 7) is 10.2. The maximum absolute atomic E-state index is 2.56. The highest BCUT2D eigenvalue weighted by Crippen LogP contribution is 2.42. The number of rotatable bonds is 2. The maximum Gasteiger partial charge on any atom is 0.113 e. The summed E-state index contributed by atoms with van der Waals surface area (Å²) in [5, 5.41) is 11.9. The van der Waals surface area contributed by atoms with E-state index < -0.39 is 16.1 Å². The highest BCUT2D eigenvalue weighted by molar-refractivity contribution is 7.05. The lowest BCUT2D eigenvalue weighted by Gasteiger charge is -2.39. The first kappa shape index (κ1) is 25.9. The van der Waals surface area contributed by atoms with Gasteiger partial charge in [-0.1, -0.05) is 154 Å². The van der Waals surface area contributed by atoms with Crippen LogP contribution < -0.4 is 20.7 Å². The average Bonchev–Trinajstić information content (AvgIpc) is 3.06. The molecule has 0 nitrogen and oxygen atoms in total.